The lowest BCUT2D eigenvalue weighted by Crippen LogP contribution is -2.03. The van der Waals surface area contributed by atoms with Gasteiger partial charge in [-0.2, -0.15) is 0 Å². The maximum Gasteiger partial charge on any atom is 0.206 e. The standard InChI is InChI=1S/C15H15N3O/c1-10-7-8-14(19-2)13(9-10)18-12-6-4-3-5-11(12)17-15(18)16/h3-9H,1-2H3,(H2,16,17). The molecule has 1 aromatic heterocycles. The van der Waals surface area contributed by atoms with Crippen molar-refractivity contribution in [2.45, 2.75) is 6.92 Å². The van der Waals surface area contributed by atoms with Crippen LogP contribution in [0.2, 0.25) is 0 Å². The first-order valence-corrected chi connectivity index (χ1v) is 6.08. The van der Waals surface area contributed by atoms with E-state index in [1.54, 1.807) is 7.11 Å². The summed E-state index contributed by atoms with van der Waals surface area (Å²) in [6.45, 7) is 2.04. The van der Waals surface area contributed by atoms with Gasteiger partial charge in [-0.25, -0.2) is 4.98 Å². The van der Waals surface area contributed by atoms with E-state index in [2.05, 4.69) is 4.98 Å². The maximum atomic E-state index is 6.06. The van der Waals surface area contributed by atoms with Gasteiger partial charge in [0.1, 0.15) is 5.75 Å². The molecule has 0 fully saturated rings. The first-order chi connectivity index (χ1) is 9.20. The van der Waals surface area contributed by atoms with Crippen LogP contribution in [0.15, 0.2) is 42.5 Å². The molecular formula is C15H15N3O. The Kier molecular flexibility index (Phi) is 2.63. The van der Waals surface area contributed by atoms with Gasteiger partial charge < -0.3 is 10.5 Å². The molecule has 1 heterocycles. The van der Waals surface area contributed by atoms with E-state index in [1.165, 1.54) is 0 Å². The third-order valence-electron chi connectivity index (χ3n) is 3.16. The first-order valence-electron chi connectivity index (χ1n) is 6.08. The van der Waals surface area contributed by atoms with Gasteiger partial charge in [-0.05, 0) is 36.8 Å². The van der Waals surface area contributed by atoms with Crippen LogP contribution in [0.25, 0.3) is 16.7 Å². The van der Waals surface area contributed by atoms with E-state index in [-0.39, 0.29) is 0 Å². The molecule has 0 amide bonds. The number of aromatic nitrogens is 2. The molecule has 0 bridgehead atoms. The summed E-state index contributed by atoms with van der Waals surface area (Å²) in [7, 11) is 1.66. The minimum Gasteiger partial charge on any atom is -0.495 e. The number of para-hydroxylation sites is 2. The highest BCUT2D eigenvalue weighted by molar-refractivity contribution is 5.81. The number of aryl methyl sites for hydroxylation is 1. The molecule has 0 aliphatic rings. The van der Waals surface area contributed by atoms with E-state index in [9.17, 15) is 0 Å². The van der Waals surface area contributed by atoms with Crippen LogP contribution >= 0.6 is 0 Å². The summed E-state index contributed by atoms with van der Waals surface area (Å²) < 4.78 is 7.34. The van der Waals surface area contributed by atoms with Crippen molar-refractivity contribution in [3.63, 3.8) is 0 Å². The summed E-state index contributed by atoms with van der Waals surface area (Å²) >= 11 is 0. The molecule has 4 nitrogen and oxygen atoms in total. The number of methoxy groups -OCH3 is 1. The Morgan fingerprint density at radius 3 is 2.74 bits per heavy atom. The number of hydrogen-bond acceptors (Lipinski definition) is 3. The lowest BCUT2D eigenvalue weighted by atomic mass is 10.2. The van der Waals surface area contributed by atoms with Crippen molar-refractivity contribution in [3.05, 3.63) is 48.0 Å². The molecule has 0 radical (unpaired) electrons. The predicted octanol–water partition coefficient (Wildman–Crippen LogP) is 2.92. The predicted molar refractivity (Wildman–Crippen MR) is 76.8 cm³/mol. The average Bonchev–Trinajstić information content (AvgIpc) is 2.74. The van der Waals surface area contributed by atoms with E-state index in [0.717, 1.165) is 28.0 Å². The fourth-order valence-corrected chi connectivity index (χ4v) is 2.27. The largest absolute Gasteiger partial charge is 0.495 e. The van der Waals surface area contributed by atoms with Gasteiger partial charge in [-0.15, -0.1) is 0 Å². The number of ether oxygens (including phenoxy) is 1. The molecule has 3 aromatic rings. The van der Waals surface area contributed by atoms with E-state index in [1.807, 2.05) is 54.0 Å². The van der Waals surface area contributed by atoms with Crippen LogP contribution in [0.1, 0.15) is 5.56 Å². The summed E-state index contributed by atoms with van der Waals surface area (Å²) in [5, 5.41) is 0. The van der Waals surface area contributed by atoms with Crippen molar-refractivity contribution < 1.29 is 4.74 Å². The van der Waals surface area contributed by atoms with Crippen molar-refractivity contribution >= 4 is 17.0 Å². The molecule has 0 saturated carbocycles. The average molecular weight is 253 g/mol. The van der Waals surface area contributed by atoms with Gasteiger partial charge in [-0.3, -0.25) is 4.57 Å². The van der Waals surface area contributed by atoms with Gasteiger partial charge in [0.25, 0.3) is 0 Å². The van der Waals surface area contributed by atoms with Crippen LogP contribution in [0.4, 0.5) is 5.95 Å². The topological polar surface area (TPSA) is 53.1 Å². The van der Waals surface area contributed by atoms with Crippen molar-refractivity contribution in [1.82, 2.24) is 9.55 Å². The summed E-state index contributed by atoms with van der Waals surface area (Å²) in [6, 6.07) is 13.9. The molecule has 19 heavy (non-hydrogen) atoms. The zero-order valence-corrected chi connectivity index (χ0v) is 10.9. The molecule has 4 heteroatoms. The number of anilines is 1. The monoisotopic (exact) mass is 253 g/mol. The third-order valence-corrected chi connectivity index (χ3v) is 3.16. The molecule has 0 unspecified atom stereocenters. The Morgan fingerprint density at radius 2 is 1.95 bits per heavy atom. The number of imidazole rings is 1. The second-order valence-corrected chi connectivity index (χ2v) is 4.47. The second kappa shape index (κ2) is 4.31. The fraction of sp³-hybridized carbons (Fsp3) is 0.133. The molecule has 3 rings (SSSR count). The number of fused-ring (bicyclic) bond motifs is 1. The molecule has 0 saturated heterocycles. The van der Waals surface area contributed by atoms with E-state index < -0.39 is 0 Å². The van der Waals surface area contributed by atoms with Gasteiger partial charge in [0.2, 0.25) is 5.95 Å². The zero-order chi connectivity index (χ0) is 13.4. The lowest BCUT2D eigenvalue weighted by molar-refractivity contribution is 0.413. The van der Waals surface area contributed by atoms with E-state index >= 15 is 0 Å². The van der Waals surface area contributed by atoms with Crippen molar-refractivity contribution in [1.29, 1.82) is 0 Å². The Morgan fingerprint density at radius 1 is 1.16 bits per heavy atom. The quantitative estimate of drug-likeness (QED) is 0.764. The van der Waals surface area contributed by atoms with E-state index in [0.29, 0.717) is 5.95 Å². The zero-order valence-electron chi connectivity index (χ0n) is 10.9. The first kappa shape index (κ1) is 11.6. The smallest absolute Gasteiger partial charge is 0.206 e. The maximum absolute atomic E-state index is 6.06. The van der Waals surface area contributed by atoms with Crippen molar-refractivity contribution in [2.24, 2.45) is 0 Å². The normalized spacial score (nSPS) is 10.8. The SMILES string of the molecule is COc1ccc(C)cc1-n1c(N)nc2ccccc21. The van der Waals surface area contributed by atoms with Crippen LogP contribution < -0.4 is 10.5 Å². The highest BCUT2D eigenvalue weighted by atomic mass is 16.5. The van der Waals surface area contributed by atoms with Crippen LogP contribution in [-0.4, -0.2) is 16.7 Å². The fourth-order valence-electron chi connectivity index (χ4n) is 2.27. The Balaban J connectivity index is 2.35. The number of rotatable bonds is 2. The summed E-state index contributed by atoms with van der Waals surface area (Å²) in [5.74, 6) is 1.24. The van der Waals surface area contributed by atoms with Crippen LogP contribution in [0, 0.1) is 6.92 Å². The lowest BCUT2D eigenvalue weighted by Gasteiger charge is -2.12. The van der Waals surface area contributed by atoms with Gasteiger partial charge in [0, 0.05) is 0 Å². The molecular weight excluding hydrogens is 238 g/mol. The van der Waals surface area contributed by atoms with Gasteiger partial charge in [0.05, 0.1) is 23.8 Å². The van der Waals surface area contributed by atoms with Crippen LogP contribution in [0.5, 0.6) is 5.75 Å². The van der Waals surface area contributed by atoms with E-state index in [4.69, 9.17) is 10.5 Å². The van der Waals surface area contributed by atoms with Gasteiger partial charge in [-0.1, -0.05) is 18.2 Å². The van der Waals surface area contributed by atoms with Crippen LogP contribution in [-0.2, 0) is 0 Å². The number of hydrogen-bond donors (Lipinski definition) is 1. The Labute approximate surface area is 111 Å². The number of nitrogens with two attached hydrogens (primary N) is 1. The Hall–Kier alpha value is -2.49. The number of nitrogen functional groups attached to an aromatic ring is 1. The molecule has 0 atom stereocenters. The molecule has 0 aliphatic heterocycles. The minimum atomic E-state index is 0.463. The summed E-state index contributed by atoms with van der Waals surface area (Å²) in [6.07, 6.45) is 0. The van der Waals surface area contributed by atoms with Crippen molar-refractivity contribution in [2.75, 3.05) is 12.8 Å². The van der Waals surface area contributed by atoms with Crippen molar-refractivity contribution in [3.8, 4) is 11.4 Å². The molecule has 2 aromatic carbocycles. The molecule has 2 N–H and O–H groups in total. The summed E-state index contributed by atoms with van der Waals surface area (Å²) in [4.78, 5) is 4.38. The minimum absolute atomic E-state index is 0.463. The number of nitrogens with zero attached hydrogens (tertiary/aromatic N) is 2. The second-order valence-electron chi connectivity index (χ2n) is 4.47. The molecule has 0 aliphatic carbocycles. The molecule has 96 valence electrons. The van der Waals surface area contributed by atoms with Gasteiger partial charge in [0.15, 0.2) is 0 Å². The van der Waals surface area contributed by atoms with Gasteiger partial charge >= 0.3 is 0 Å². The summed E-state index contributed by atoms with van der Waals surface area (Å²) in [5.41, 5.74) is 9.97. The highest BCUT2D eigenvalue weighted by Crippen LogP contribution is 2.30. The third kappa shape index (κ3) is 1.81. The molecule has 0 spiro atoms. The highest BCUT2D eigenvalue weighted by Gasteiger charge is 2.13. The van der Waals surface area contributed by atoms with Crippen LogP contribution in [0.3, 0.4) is 0 Å². The Bertz CT molecular complexity index is 746. The number of benzene rings is 2.